The number of fused-ring (bicyclic) bond motifs is 2. The molecule has 0 aromatic carbocycles. The molecule has 1 aliphatic rings. The molecule has 0 amide bonds. The fraction of sp³-hybridized carbons (Fsp3) is 0.571. The van der Waals surface area contributed by atoms with E-state index in [9.17, 15) is 0 Å². The molecule has 0 spiro atoms. The Balaban J connectivity index is 1.77. The maximum atomic E-state index is 5.61. The standard InChI is InChI=1S/C28H40N8O/c1-27(2,3)21-10-9-19(16-33(7)8)35-26(21)31-24(32-35)20-15-22(28(4,5)6)25-29-18-30-36(25)23(20)17-34-11-13-37-14-12-34/h9-10,15,18H,11-14,16-17H2,1-8H3. The van der Waals surface area contributed by atoms with Gasteiger partial charge in [0.15, 0.2) is 17.1 Å². The molecular weight excluding hydrogens is 464 g/mol. The number of aromatic nitrogens is 6. The highest BCUT2D eigenvalue weighted by molar-refractivity contribution is 5.69. The van der Waals surface area contributed by atoms with Crippen molar-refractivity contribution in [1.29, 1.82) is 0 Å². The van der Waals surface area contributed by atoms with Crippen molar-refractivity contribution in [2.45, 2.75) is 65.5 Å². The normalized spacial score (nSPS) is 15.9. The molecule has 0 unspecified atom stereocenters. The second kappa shape index (κ2) is 9.45. The van der Waals surface area contributed by atoms with Crippen LogP contribution in [0.5, 0.6) is 0 Å². The van der Waals surface area contributed by atoms with Gasteiger partial charge in [-0.25, -0.2) is 19.0 Å². The van der Waals surface area contributed by atoms with Crippen molar-refractivity contribution in [2.75, 3.05) is 40.4 Å². The average Bonchev–Trinajstić information content (AvgIpc) is 3.46. The van der Waals surface area contributed by atoms with Crippen LogP contribution in [0.2, 0.25) is 0 Å². The van der Waals surface area contributed by atoms with Crippen LogP contribution in [0.25, 0.3) is 22.7 Å². The van der Waals surface area contributed by atoms with E-state index in [1.807, 2.05) is 9.03 Å². The van der Waals surface area contributed by atoms with Gasteiger partial charge in [0.1, 0.15) is 6.33 Å². The first kappa shape index (κ1) is 25.8. The number of hydrogen-bond acceptors (Lipinski definition) is 7. The van der Waals surface area contributed by atoms with Crippen LogP contribution in [0.15, 0.2) is 24.5 Å². The second-order valence-electron chi connectivity index (χ2n) is 12.4. The monoisotopic (exact) mass is 504 g/mol. The third-order valence-corrected chi connectivity index (χ3v) is 7.02. The van der Waals surface area contributed by atoms with E-state index in [1.165, 1.54) is 5.56 Å². The molecular formula is C28H40N8O. The average molecular weight is 505 g/mol. The van der Waals surface area contributed by atoms with Gasteiger partial charge < -0.3 is 9.64 Å². The van der Waals surface area contributed by atoms with Crippen LogP contribution in [-0.2, 0) is 28.7 Å². The first-order chi connectivity index (χ1) is 17.4. The van der Waals surface area contributed by atoms with Crippen molar-refractivity contribution in [3.05, 3.63) is 47.0 Å². The molecule has 1 saturated heterocycles. The Kier molecular flexibility index (Phi) is 6.58. The molecule has 9 nitrogen and oxygen atoms in total. The summed E-state index contributed by atoms with van der Waals surface area (Å²) < 4.78 is 9.65. The highest BCUT2D eigenvalue weighted by atomic mass is 16.5. The number of rotatable bonds is 5. The molecule has 4 aromatic heterocycles. The van der Waals surface area contributed by atoms with Gasteiger partial charge in [0.2, 0.25) is 0 Å². The summed E-state index contributed by atoms with van der Waals surface area (Å²) in [5.74, 6) is 0.725. The third kappa shape index (κ3) is 5.00. The lowest BCUT2D eigenvalue weighted by Gasteiger charge is -2.28. The van der Waals surface area contributed by atoms with Crippen LogP contribution >= 0.6 is 0 Å². The van der Waals surface area contributed by atoms with Crippen molar-refractivity contribution < 1.29 is 4.74 Å². The van der Waals surface area contributed by atoms with E-state index in [2.05, 4.69) is 88.6 Å². The Morgan fingerprint density at radius 3 is 2.27 bits per heavy atom. The van der Waals surface area contributed by atoms with Crippen molar-refractivity contribution >= 4 is 11.3 Å². The lowest BCUT2D eigenvalue weighted by molar-refractivity contribution is 0.0334. The molecule has 37 heavy (non-hydrogen) atoms. The molecule has 5 heterocycles. The molecule has 5 rings (SSSR count). The van der Waals surface area contributed by atoms with Gasteiger partial charge in [-0.1, -0.05) is 47.6 Å². The predicted molar refractivity (Wildman–Crippen MR) is 146 cm³/mol. The minimum atomic E-state index is -0.119. The first-order valence-electron chi connectivity index (χ1n) is 13.1. The zero-order chi connectivity index (χ0) is 26.5. The Morgan fingerprint density at radius 2 is 1.62 bits per heavy atom. The predicted octanol–water partition coefficient (Wildman–Crippen LogP) is 3.93. The SMILES string of the molecule is CN(C)Cc1ccc(C(C)(C)C)c2nc(-c3cc(C(C)(C)C)c4ncnn4c3CN3CCOCC3)nn12. The fourth-order valence-electron chi connectivity index (χ4n) is 5.05. The van der Waals surface area contributed by atoms with E-state index in [0.29, 0.717) is 0 Å². The summed E-state index contributed by atoms with van der Waals surface area (Å²) in [4.78, 5) is 14.5. The number of morpholine rings is 1. The molecule has 0 atom stereocenters. The summed E-state index contributed by atoms with van der Waals surface area (Å²) in [7, 11) is 4.16. The summed E-state index contributed by atoms with van der Waals surface area (Å²) in [6, 6.07) is 6.64. The number of pyridine rings is 2. The van der Waals surface area contributed by atoms with Gasteiger partial charge >= 0.3 is 0 Å². The summed E-state index contributed by atoms with van der Waals surface area (Å²) in [6.45, 7) is 18.1. The lowest BCUT2D eigenvalue weighted by Crippen LogP contribution is -2.36. The van der Waals surface area contributed by atoms with Crippen LogP contribution in [0, 0.1) is 0 Å². The molecule has 198 valence electrons. The highest BCUT2D eigenvalue weighted by Gasteiger charge is 2.28. The molecule has 4 aromatic rings. The lowest BCUT2D eigenvalue weighted by atomic mass is 9.86. The Bertz CT molecular complexity index is 1410. The van der Waals surface area contributed by atoms with E-state index in [0.717, 1.165) is 79.0 Å². The van der Waals surface area contributed by atoms with Gasteiger partial charge in [-0.15, -0.1) is 5.10 Å². The molecule has 1 aliphatic heterocycles. The molecule has 0 N–H and O–H groups in total. The largest absolute Gasteiger partial charge is 0.379 e. The zero-order valence-corrected chi connectivity index (χ0v) is 23.5. The minimum absolute atomic E-state index is 0.0642. The van der Waals surface area contributed by atoms with Crippen molar-refractivity contribution in [2.24, 2.45) is 0 Å². The Hall–Kier alpha value is -2.88. The van der Waals surface area contributed by atoms with Gasteiger partial charge in [0.05, 0.1) is 24.6 Å². The van der Waals surface area contributed by atoms with Gasteiger partial charge in [-0.3, -0.25) is 4.90 Å². The quantitative estimate of drug-likeness (QED) is 0.408. The summed E-state index contributed by atoms with van der Waals surface area (Å²) in [5.41, 5.74) is 7.12. The van der Waals surface area contributed by atoms with Crippen molar-refractivity contribution in [1.82, 2.24) is 39.0 Å². The van der Waals surface area contributed by atoms with E-state index in [-0.39, 0.29) is 10.8 Å². The Morgan fingerprint density at radius 1 is 0.919 bits per heavy atom. The molecule has 0 bridgehead atoms. The number of hydrogen-bond donors (Lipinski definition) is 0. The summed E-state index contributed by atoms with van der Waals surface area (Å²) in [5, 5.41) is 9.84. The van der Waals surface area contributed by atoms with Gasteiger partial charge in [-0.2, -0.15) is 5.10 Å². The van der Waals surface area contributed by atoms with Crippen LogP contribution in [-0.4, -0.2) is 79.4 Å². The van der Waals surface area contributed by atoms with E-state index in [4.69, 9.17) is 19.9 Å². The number of ether oxygens (including phenoxy) is 1. The third-order valence-electron chi connectivity index (χ3n) is 7.02. The maximum Gasteiger partial charge on any atom is 0.184 e. The van der Waals surface area contributed by atoms with Gasteiger partial charge in [0, 0.05) is 42.9 Å². The summed E-state index contributed by atoms with van der Waals surface area (Å²) in [6.07, 6.45) is 1.65. The minimum Gasteiger partial charge on any atom is -0.379 e. The molecule has 0 radical (unpaired) electrons. The van der Waals surface area contributed by atoms with Crippen LogP contribution < -0.4 is 0 Å². The molecule has 0 aliphatic carbocycles. The first-order valence-corrected chi connectivity index (χ1v) is 13.1. The van der Waals surface area contributed by atoms with Crippen molar-refractivity contribution in [3.8, 4) is 11.4 Å². The van der Waals surface area contributed by atoms with Crippen LogP contribution in [0.4, 0.5) is 0 Å². The van der Waals surface area contributed by atoms with Crippen molar-refractivity contribution in [3.63, 3.8) is 0 Å². The van der Waals surface area contributed by atoms with E-state index in [1.54, 1.807) is 6.33 Å². The van der Waals surface area contributed by atoms with Crippen LogP contribution in [0.3, 0.4) is 0 Å². The van der Waals surface area contributed by atoms with Gasteiger partial charge in [-0.05, 0) is 37.1 Å². The summed E-state index contributed by atoms with van der Waals surface area (Å²) >= 11 is 0. The Labute approximate surface area is 219 Å². The molecule has 9 heteroatoms. The topological polar surface area (TPSA) is 76.1 Å². The van der Waals surface area contributed by atoms with Crippen LogP contribution in [0.1, 0.15) is 64.1 Å². The van der Waals surface area contributed by atoms with E-state index >= 15 is 0 Å². The van der Waals surface area contributed by atoms with E-state index < -0.39 is 0 Å². The molecule has 1 fully saturated rings. The molecule has 0 saturated carbocycles. The smallest absolute Gasteiger partial charge is 0.184 e. The maximum absolute atomic E-state index is 5.61. The second-order valence-corrected chi connectivity index (χ2v) is 12.4. The number of nitrogens with zero attached hydrogens (tertiary/aromatic N) is 8. The zero-order valence-electron chi connectivity index (χ0n) is 23.5. The fourth-order valence-corrected chi connectivity index (χ4v) is 5.05. The van der Waals surface area contributed by atoms with Gasteiger partial charge in [0.25, 0.3) is 0 Å². The highest BCUT2D eigenvalue weighted by Crippen LogP contribution is 2.34.